The van der Waals surface area contributed by atoms with E-state index in [0.29, 0.717) is 15.7 Å². The standard InChI is InChI=1S/C10H8Cl2N2O3S/c11-7-3-8(12)5-9(4-7)14-10(15)6-18(16,17)2-1-13/h3-5H,2,6H2,(H,14,15). The fraction of sp³-hybridized carbons (Fsp3) is 0.200. The van der Waals surface area contributed by atoms with Gasteiger partial charge in [0.25, 0.3) is 0 Å². The number of amides is 1. The number of nitrogens with one attached hydrogen (secondary N) is 1. The van der Waals surface area contributed by atoms with Gasteiger partial charge in [0.1, 0.15) is 11.5 Å². The van der Waals surface area contributed by atoms with Crippen LogP contribution >= 0.6 is 23.2 Å². The van der Waals surface area contributed by atoms with E-state index in [1.807, 2.05) is 0 Å². The van der Waals surface area contributed by atoms with Crippen LogP contribution in [-0.2, 0) is 14.6 Å². The van der Waals surface area contributed by atoms with E-state index in [1.165, 1.54) is 24.3 Å². The zero-order valence-electron chi connectivity index (χ0n) is 8.98. The number of halogens is 2. The number of carbonyl (C=O) groups is 1. The minimum atomic E-state index is -3.71. The Balaban J connectivity index is 2.74. The number of benzene rings is 1. The van der Waals surface area contributed by atoms with Gasteiger partial charge in [-0.3, -0.25) is 4.79 Å². The van der Waals surface area contributed by atoms with Gasteiger partial charge in [0.15, 0.2) is 9.84 Å². The molecule has 0 fully saturated rings. The Bertz CT molecular complexity index is 588. The maximum atomic E-state index is 11.4. The van der Waals surface area contributed by atoms with E-state index < -0.39 is 27.3 Å². The molecular formula is C10H8Cl2N2O3S. The Morgan fingerprint density at radius 2 is 1.83 bits per heavy atom. The quantitative estimate of drug-likeness (QED) is 0.920. The first-order valence-electron chi connectivity index (χ1n) is 4.66. The van der Waals surface area contributed by atoms with Crippen LogP contribution in [0.3, 0.4) is 0 Å². The van der Waals surface area contributed by atoms with E-state index in [1.54, 1.807) is 0 Å². The van der Waals surface area contributed by atoms with Gasteiger partial charge in [0.2, 0.25) is 5.91 Å². The topological polar surface area (TPSA) is 87.0 Å². The Hall–Kier alpha value is -1.29. The molecule has 96 valence electrons. The molecule has 0 aliphatic carbocycles. The summed E-state index contributed by atoms with van der Waals surface area (Å²) >= 11 is 11.4. The molecule has 0 heterocycles. The average molecular weight is 307 g/mol. The van der Waals surface area contributed by atoms with E-state index >= 15 is 0 Å². The molecule has 0 spiro atoms. The first kappa shape index (κ1) is 14.8. The largest absolute Gasteiger partial charge is 0.325 e. The summed E-state index contributed by atoms with van der Waals surface area (Å²) in [6, 6.07) is 5.83. The van der Waals surface area contributed by atoms with Gasteiger partial charge in [0, 0.05) is 15.7 Å². The van der Waals surface area contributed by atoms with Gasteiger partial charge in [0.05, 0.1) is 6.07 Å². The van der Waals surface area contributed by atoms with Gasteiger partial charge in [-0.2, -0.15) is 5.26 Å². The molecule has 5 nitrogen and oxygen atoms in total. The number of nitrogens with zero attached hydrogens (tertiary/aromatic N) is 1. The third-order valence-corrected chi connectivity index (χ3v) is 3.49. The van der Waals surface area contributed by atoms with Crippen molar-refractivity contribution in [3.63, 3.8) is 0 Å². The molecule has 0 bridgehead atoms. The van der Waals surface area contributed by atoms with Gasteiger partial charge >= 0.3 is 0 Å². The predicted molar refractivity (Wildman–Crippen MR) is 69.4 cm³/mol. The molecular weight excluding hydrogens is 299 g/mol. The third-order valence-electron chi connectivity index (χ3n) is 1.78. The van der Waals surface area contributed by atoms with E-state index in [0.717, 1.165) is 0 Å². The summed E-state index contributed by atoms with van der Waals surface area (Å²) in [6.45, 7) is 0. The van der Waals surface area contributed by atoms with Crippen LogP contribution in [0.1, 0.15) is 0 Å². The lowest BCUT2D eigenvalue weighted by Gasteiger charge is -2.05. The first-order chi connectivity index (χ1) is 8.32. The van der Waals surface area contributed by atoms with Gasteiger partial charge in [-0.15, -0.1) is 0 Å². The molecule has 1 aromatic rings. The SMILES string of the molecule is N#CCS(=O)(=O)CC(=O)Nc1cc(Cl)cc(Cl)c1. The Morgan fingerprint density at radius 3 is 2.33 bits per heavy atom. The number of carbonyl (C=O) groups excluding carboxylic acids is 1. The van der Waals surface area contributed by atoms with Crippen LogP contribution in [0.2, 0.25) is 10.0 Å². The van der Waals surface area contributed by atoms with Crippen molar-refractivity contribution < 1.29 is 13.2 Å². The van der Waals surface area contributed by atoms with Crippen molar-refractivity contribution in [1.29, 1.82) is 5.26 Å². The molecule has 1 aromatic carbocycles. The van der Waals surface area contributed by atoms with Crippen LogP contribution < -0.4 is 5.32 Å². The zero-order valence-corrected chi connectivity index (χ0v) is 11.3. The highest BCUT2D eigenvalue weighted by atomic mass is 35.5. The highest BCUT2D eigenvalue weighted by Gasteiger charge is 2.16. The fourth-order valence-corrected chi connectivity index (χ4v) is 2.47. The maximum absolute atomic E-state index is 11.4. The summed E-state index contributed by atoms with van der Waals surface area (Å²) in [4.78, 5) is 11.4. The number of hydrogen-bond donors (Lipinski definition) is 1. The smallest absolute Gasteiger partial charge is 0.239 e. The number of sulfone groups is 1. The first-order valence-corrected chi connectivity index (χ1v) is 7.23. The number of rotatable bonds is 4. The van der Waals surface area contributed by atoms with Gasteiger partial charge in [-0.25, -0.2) is 8.42 Å². The molecule has 8 heteroatoms. The second kappa shape index (κ2) is 6.05. The second-order valence-corrected chi connectivity index (χ2v) is 6.33. The summed E-state index contributed by atoms with van der Waals surface area (Å²) in [5, 5.41) is 11.3. The molecule has 1 N–H and O–H groups in total. The Labute approximate surface area is 114 Å². The maximum Gasteiger partial charge on any atom is 0.239 e. The van der Waals surface area contributed by atoms with Crippen LogP contribution in [-0.4, -0.2) is 25.8 Å². The molecule has 0 unspecified atom stereocenters. The van der Waals surface area contributed by atoms with Crippen LogP contribution in [0.15, 0.2) is 18.2 Å². The van der Waals surface area contributed by atoms with Crippen LogP contribution in [0.4, 0.5) is 5.69 Å². The van der Waals surface area contributed by atoms with Crippen molar-refractivity contribution in [2.75, 3.05) is 16.8 Å². The fourth-order valence-electron chi connectivity index (χ4n) is 1.17. The molecule has 0 aliphatic heterocycles. The van der Waals surface area contributed by atoms with Crippen LogP contribution in [0.25, 0.3) is 0 Å². The molecule has 1 amide bonds. The van der Waals surface area contributed by atoms with E-state index in [2.05, 4.69) is 5.32 Å². The van der Waals surface area contributed by atoms with Crippen molar-refractivity contribution in [2.24, 2.45) is 0 Å². The van der Waals surface area contributed by atoms with Gasteiger partial charge in [-0.1, -0.05) is 23.2 Å². The lowest BCUT2D eigenvalue weighted by Crippen LogP contribution is -2.24. The van der Waals surface area contributed by atoms with Crippen molar-refractivity contribution in [3.8, 4) is 6.07 Å². The van der Waals surface area contributed by atoms with Crippen molar-refractivity contribution >= 4 is 44.6 Å². The normalized spacial score (nSPS) is 10.7. The lowest BCUT2D eigenvalue weighted by atomic mass is 10.3. The Morgan fingerprint density at radius 1 is 1.28 bits per heavy atom. The highest BCUT2D eigenvalue weighted by molar-refractivity contribution is 7.92. The van der Waals surface area contributed by atoms with Gasteiger partial charge in [-0.05, 0) is 18.2 Å². The molecule has 18 heavy (non-hydrogen) atoms. The van der Waals surface area contributed by atoms with Gasteiger partial charge < -0.3 is 5.32 Å². The number of nitriles is 1. The zero-order chi connectivity index (χ0) is 13.8. The minimum absolute atomic E-state index is 0.296. The second-order valence-electron chi connectivity index (χ2n) is 3.40. The summed E-state index contributed by atoms with van der Waals surface area (Å²) in [6.07, 6.45) is 0. The van der Waals surface area contributed by atoms with E-state index in [4.69, 9.17) is 28.5 Å². The lowest BCUT2D eigenvalue weighted by molar-refractivity contribution is -0.113. The molecule has 1 rings (SSSR count). The van der Waals surface area contributed by atoms with Crippen LogP contribution in [0, 0.1) is 11.3 Å². The van der Waals surface area contributed by atoms with E-state index in [-0.39, 0.29) is 0 Å². The monoisotopic (exact) mass is 306 g/mol. The van der Waals surface area contributed by atoms with E-state index in [9.17, 15) is 13.2 Å². The molecule has 0 saturated heterocycles. The van der Waals surface area contributed by atoms with Crippen molar-refractivity contribution in [1.82, 2.24) is 0 Å². The number of hydrogen-bond acceptors (Lipinski definition) is 4. The molecule has 0 radical (unpaired) electrons. The summed E-state index contributed by atoms with van der Waals surface area (Å²) in [5.74, 6) is -2.20. The average Bonchev–Trinajstić information content (AvgIpc) is 2.13. The molecule has 0 aliphatic rings. The predicted octanol–water partition coefficient (Wildman–Crippen LogP) is 1.87. The summed E-state index contributed by atoms with van der Waals surface area (Å²) < 4.78 is 22.5. The van der Waals surface area contributed by atoms with Crippen molar-refractivity contribution in [3.05, 3.63) is 28.2 Å². The van der Waals surface area contributed by atoms with Crippen LogP contribution in [0.5, 0.6) is 0 Å². The third kappa shape index (κ3) is 4.92. The minimum Gasteiger partial charge on any atom is -0.325 e. The number of anilines is 1. The molecule has 0 aromatic heterocycles. The molecule has 0 atom stereocenters. The summed E-state index contributed by atoms with van der Waals surface area (Å²) in [5.41, 5.74) is 0.296. The highest BCUT2D eigenvalue weighted by Crippen LogP contribution is 2.22. The summed E-state index contributed by atoms with van der Waals surface area (Å²) in [7, 11) is -3.71. The van der Waals surface area contributed by atoms with Crippen molar-refractivity contribution in [2.45, 2.75) is 0 Å². The Kier molecular flexibility index (Phi) is 4.96. The molecule has 0 saturated carbocycles.